The number of hydrogen-bond acceptors (Lipinski definition) is 6. The Morgan fingerprint density at radius 3 is 2.16 bits per heavy atom. The van der Waals surface area contributed by atoms with Gasteiger partial charge in [0, 0.05) is 42.9 Å². The number of ether oxygens (including phenoxy) is 1. The zero-order valence-corrected chi connectivity index (χ0v) is 18.6. The van der Waals surface area contributed by atoms with Gasteiger partial charge >= 0.3 is 0 Å². The van der Waals surface area contributed by atoms with E-state index in [1.165, 1.54) is 5.56 Å². The van der Waals surface area contributed by atoms with Crippen LogP contribution in [0.4, 0.5) is 0 Å². The van der Waals surface area contributed by atoms with Gasteiger partial charge in [0.1, 0.15) is 6.04 Å². The number of methoxy groups -OCH3 is 1. The SMILES string of the molecule is CN[C@H](C)[C@H](NC(=O)c1ccc(C#Cc2ccc(CNCCOC)cc2)cc1)C(=O)NO. The monoisotopic (exact) mass is 438 g/mol. The number of carbonyl (C=O) groups is 2. The average molecular weight is 439 g/mol. The fourth-order valence-electron chi connectivity index (χ4n) is 2.84. The average Bonchev–Trinajstić information content (AvgIpc) is 2.83. The second kappa shape index (κ2) is 13.2. The summed E-state index contributed by atoms with van der Waals surface area (Å²) < 4.78 is 5.01. The summed E-state index contributed by atoms with van der Waals surface area (Å²) in [5, 5.41) is 17.7. The maximum absolute atomic E-state index is 12.5. The van der Waals surface area contributed by atoms with Crippen LogP contribution < -0.4 is 21.4 Å². The van der Waals surface area contributed by atoms with Gasteiger partial charge in [-0.3, -0.25) is 14.8 Å². The molecule has 0 unspecified atom stereocenters. The van der Waals surface area contributed by atoms with Crippen LogP contribution in [0.5, 0.6) is 0 Å². The highest BCUT2D eigenvalue weighted by atomic mass is 16.5. The zero-order valence-electron chi connectivity index (χ0n) is 18.6. The van der Waals surface area contributed by atoms with Crippen LogP contribution in [0.1, 0.15) is 34.0 Å². The molecule has 0 saturated heterocycles. The van der Waals surface area contributed by atoms with Crippen molar-refractivity contribution in [3.8, 4) is 11.8 Å². The van der Waals surface area contributed by atoms with Crippen LogP contribution in [-0.4, -0.2) is 56.4 Å². The molecule has 2 aromatic carbocycles. The van der Waals surface area contributed by atoms with E-state index < -0.39 is 17.9 Å². The topological polar surface area (TPSA) is 112 Å². The Labute approximate surface area is 188 Å². The highest BCUT2D eigenvalue weighted by Gasteiger charge is 2.26. The van der Waals surface area contributed by atoms with Crippen LogP contribution in [0.15, 0.2) is 48.5 Å². The number of nitrogens with one attached hydrogen (secondary N) is 4. The molecule has 170 valence electrons. The fourth-order valence-corrected chi connectivity index (χ4v) is 2.84. The number of rotatable bonds is 10. The minimum Gasteiger partial charge on any atom is -0.383 e. The number of amides is 2. The Balaban J connectivity index is 1.97. The number of hydrogen-bond donors (Lipinski definition) is 5. The number of hydroxylamine groups is 1. The molecule has 0 spiro atoms. The summed E-state index contributed by atoms with van der Waals surface area (Å²) in [5.41, 5.74) is 4.79. The van der Waals surface area contributed by atoms with Gasteiger partial charge in [-0.15, -0.1) is 0 Å². The Hall–Kier alpha value is -3.22. The molecule has 0 heterocycles. The molecule has 32 heavy (non-hydrogen) atoms. The van der Waals surface area contributed by atoms with Crippen LogP contribution in [0.3, 0.4) is 0 Å². The predicted molar refractivity (Wildman–Crippen MR) is 122 cm³/mol. The molecule has 2 aromatic rings. The smallest absolute Gasteiger partial charge is 0.267 e. The van der Waals surface area contributed by atoms with Crippen LogP contribution in [-0.2, 0) is 16.1 Å². The van der Waals surface area contributed by atoms with Gasteiger partial charge in [0.2, 0.25) is 0 Å². The molecule has 8 nitrogen and oxygen atoms in total. The molecular weight excluding hydrogens is 408 g/mol. The summed E-state index contributed by atoms with van der Waals surface area (Å²) in [6, 6.07) is 13.5. The van der Waals surface area contributed by atoms with Crippen molar-refractivity contribution in [2.75, 3.05) is 27.3 Å². The lowest BCUT2D eigenvalue weighted by atomic mass is 10.1. The van der Waals surface area contributed by atoms with Gasteiger partial charge in [-0.2, -0.15) is 0 Å². The summed E-state index contributed by atoms with van der Waals surface area (Å²) >= 11 is 0. The van der Waals surface area contributed by atoms with Gasteiger partial charge in [-0.05, 0) is 55.9 Å². The molecule has 0 bridgehead atoms. The van der Waals surface area contributed by atoms with E-state index in [9.17, 15) is 9.59 Å². The van der Waals surface area contributed by atoms with Gasteiger partial charge in [-0.1, -0.05) is 24.0 Å². The third-order valence-corrected chi connectivity index (χ3v) is 4.90. The molecule has 2 rings (SSSR count). The standard InChI is InChI=1S/C24H30N4O4/c1-17(25-2)22(24(30)28-31)27-23(29)21-12-10-19(11-13-21)5-4-18-6-8-20(9-7-18)16-26-14-15-32-3/h6-13,17,22,25-26,31H,14-16H2,1-3H3,(H,27,29)(H,28,30)/t17-,22+/m1/s1. The summed E-state index contributed by atoms with van der Waals surface area (Å²) in [7, 11) is 3.34. The lowest BCUT2D eigenvalue weighted by molar-refractivity contribution is -0.131. The van der Waals surface area contributed by atoms with Crippen molar-refractivity contribution < 1.29 is 19.5 Å². The maximum atomic E-state index is 12.5. The van der Waals surface area contributed by atoms with Crippen molar-refractivity contribution in [1.29, 1.82) is 0 Å². The Morgan fingerprint density at radius 1 is 1.03 bits per heavy atom. The third-order valence-electron chi connectivity index (χ3n) is 4.90. The fraction of sp³-hybridized carbons (Fsp3) is 0.333. The van der Waals surface area contributed by atoms with Gasteiger partial charge < -0.3 is 20.7 Å². The summed E-state index contributed by atoms with van der Waals surface area (Å²) in [4.78, 5) is 24.3. The van der Waals surface area contributed by atoms with E-state index in [1.807, 2.05) is 24.3 Å². The van der Waals surface area contributed by atoms with Crippen molar-refractivity contribution in [2.45, 2.75) is 25.6 Å². The number of benzene rings is 2. The van der Waals surface area contributed by atoms with Gasteiger partial charge in [-0.25, -0.2) is 5.48 Å². The van der Waals surface area contributed by atoms with Gasteiger partial charge in [0.25, 0.3) is 11.8 Å². The van der Waals surface area contributed by atoms with Crippen LogP contribution in [0.2, 0.25) is 0 Å². The molecule has 0 saturated carbocycles. The van der Waals surface area contributed by atoms with E-state index in [0.717, 1.165) is 24.2 Å². The lowest BCUT2D eigenvalue weighted by Gasteiger charge is -2.22. The second-order valence-corrected chi connectivity index (χ2v) is 7.20. The summed E-state index contributed by atoms with van der Waals surface area (Å²) in [5.74, 6) is 5.08. The molecule has 0 aliphatic carbocycles. The highest BCUT2D eigenvalue weighted by Crippen LogP contribution is 2.07. The van der Waals surface area contributed by atoms with E-state index in [-0.39, 0.29) is 6.04 Å². The quantitative estimate of drug-likeness (QED) is 0.164. The first-order valence-electron chi connectivity index (χ1n) is 10.3. The number of carbonyl (C=O) groups excluding carboxylic acids is 2. The first kappa shape index (κ1) is 25.0. The third kappa shape index (κ3) is 7.80. The molecule has 0 aliphatic rings. The molecule has 0 fully saturated rings. The summed E-state index contributed by atoms with van der Waals surface area (Å²) in [6.45, 7) is 3.98. The molecule has 0 radical (unpaired) electrons. The summed E-state index contributed by atoms with van der Waals surface area (Å²) in [6.07, 6.45) is 0. The van der Waals surface area contributed by atoms with Crippen molar-refractivity contribution in [3.63, 3.8) is 0 Å². The molecule has 2 amide bonds. The van der Waals surface area contributed by atoms with Gasteiger partial charge in [0.05, 0.1) is 6.61 Å². The lowest BCUT2D eigenvalue weighted by Crippen LogP contribution is -2.55. The van der Waals surface area contributed by atoms with Crippen molar-refractivity contribution in [3.05, 3.63) is 70.8 Å². The van der Waals surface area contributed by atoms with Crippen molar-refractivity contribution in [2.24, 2.45) is 0 Å². The highest BCUT2D eigenvalue weighted by molar-refractivity contribution is 5.97. The van der Waals surface area contributed by atoms with Crippen LogP contribution in [0.25, 0.3) is 0 Å². The van der Waals surface area contributed by atoms with E-state index in [1.54, 1.807) is 50.8 Å². The van der Waals surface area contributed by atoms with E-state index in [2.05, 4.69) is 27.8 Å². The Bertz CT molecular complexity index is 933. The number of likely N-dealkylation sites (N-methyl/N-ethyl adjacent to an activating group) is 1. The molecule has 5 N–H and O–H groups in total. The first-order chi connectivity index (χ1) is 15.5. The Kier molecular flexibility index (Phi) is 10.4. The van der Waals surface area contributed by atoms with Gasteiger partial charge in [0.15, 0.2) is 0 Å². The largest absolute Gasteiger partial charge is 0.383 e. The Morgan fingerprint density at radius 2 is 1.62 bits per heavy atom. The van der Waals surface area contributed by atoms with Crippen molar-refractivity contribution >= 4 is 11.8 Å². The predicted octanol–water partition coefficient (Wildman–Crippen LogP) is 1.03. The zero-order chi connectivity index (χ0) is 23.3. The molecule has 2 atom stereocenters. The van der Waals surface area contributed by atoms with Crippen LogP contribution >= 0.6 is 0 Å². The molecule has 8 heteroatoms. The second-order valence-electron chi connectivity index (χ2n) is 7.20. The van der Waals surface area contributed by atoms with E-state index in [4.69, 9.17) is 9.94 Å². The normalized spacial score (nSPS) is 12.2. The van der Waals surface area contributed by atoms with Crippen molar-refractivity contribution in [1.82, 2.24) is 21.4 Å². The van der Waals surface area contributed by atoms with E-state index in [0.29, 0.717) is 12.2 Å². The minimum atomic E-state index is -0.921. The van der Waals surface area contributed by atoms with E-state index >= 15 is 0 Å². The molecule has 0 aliphatic heterocycles. The molecular formula is C24H30N4O4. The molecule has 0 aromatic heterocycles. The maximum Gasteiger partial charge on any atom is 0.267 e. The van der Waals surface area contributed by atoms with Crippen LogP contribution in [0, 0.1) is 11.8 Å². The minimum absolute atomic E-state index is 0.372. The first-order valence-corrected chi connectivity index (χ1v) is 10.3.